The van der Waals surface area contributed by atoms with E-state index >= 15 is 0 Å². The highest BCUT2D eigenvalue weighted by atomic mass is 16.3. The first-order chi connectivity index (χ1) is 11.0. The number of nitrogens with zero attached hydrogens (tertiary/aromatic N) is 3. The zero-order chi connectivity index (χ0) is 16.4. The van der Waals surface area contributed by atoms with E-state index in [9.17, 15) is 9.90 Å². The summed E-state index contributed by atoms with van der Waals surface area (Å²) in [5, 5.41) is 21.6. The Labute approximate surface area is 137 Å². The predicted molar refractivity (Wildman–Crippen MR) is 88.4 cm³/mol. The van der Waals surface area contributed by atoms with Gasteiger partial charge in [0.15, 0.2) is 11.5 Å². The summed E-state index contributed by atoms with van der Waals surface area (Å²) >= 11 is 0. The van der Waals surface area contributed by atoms with E-state index in [4.69, 9.17) is 0 Å². The van der Waals surface area contributed by atoms with Crippen molar-refractivity contribution in [2.75, 3.05) is 18.5 Å². The van der Waals surface area contributed by atoms with Crippen molar-refractivity contribution in [3.63, 3.8) is 0 Å². The first-order valence-corrected chi connectivity index (χ1v) is 8.58. The van der Waals surface area contributed by atoms with Gasteiger partial charge in [-0.05, 0) is 44.7 Å². The third-order valence-corrected chi connectivity index (χ3v) is 5.41. The molecule has 1 aromatic heterocycles. The van der Waals surface area contributed by atoms with Gasteiger partial charge in [0.05, 0.1) is 5.60 Å². The molecule has 1 aliphatic heterocycles. The number of amides is 1. The summed E-state index contributed by atoms with van der Waals surface area (Å²) in [5.74, 6) is 0.859. The van der Waals surface area contributed by atoms with E-state index in [1.165, 1.54) is 6.42 Å². The summed E-state index contributed by atoms with van der Waals surface area (Å²) in [6.07, 6.45) is 6.43. The molecule has 1 amide bonds. The van der Waals surface area contributed by atoms with Crippen LogP contribution in [0.1, 0.15) is 55.9 Å². The van der Waals surface area contributed by atoms with E-state index in [0.717, 1.165) is 44.5 Å². The highest BCUT2D eigenvalue weighted by Gasteiger charge is 2.43. The molecule has 1 saturated carbocycles. The van der Waals surface area contributed by atoms with E-state index < -0.39 is 5.60 Å². The van der Waals surface area contributed by atoms with Crippen LogP contribution in [0.2, 0.25) is 0 Å². The maximum Gasteiger partial charge on any atom is 0.271 e. The minimum Gasteiger partial charge on any atom is -0.390 e. The van der Waals surface area contributed by atoms with Gasteiger partial charge < -0.3 is 15.3 Å². The summed E-state index contributed by atoms with van der Waals surface area (Å²) in [6.45, 7) is 2.92. The molecule has 126 valence electrons. The van der Waals surface area contributed by atoms with Gasteiger partial charge in [-0.2, -0.15) is 0 Å². The van der Waals surface area contributed by atoms with Gasteiger partial charge in [-0.15, -0.1) is 10.2 Å². The predicted octanol–water partition coefficient (Wildman–Crippen LogP) is 1.75. The highest BCUT2D eigenvalue weighted by Crippen LogP contribution is 2.41. The zero-order valence-electron chi connectivity index (χ0n) is 14.0. The van der Waals surface area contributed by atoms with Crippen molar-refractivity contribution >= 4 is 11.7 Å². The Bertz CT molecular complexity index is 558. The maximum absolute atomic E-state index is 11.6. The lowest BCUT2D eigenvalue weighted by molar-refractivity contribution is -0.0411. The SMILES string of the molecule is CNC(=O)c1ccc(N2CCC[C@@H]2[C@@H]2CCCC[C@@]2(C)O)nn1. The molecule has 1 aromatic rings. The number of carbonyl (C=O) groups excluding carboxylic acids is 1. The standard InChI is InChI=1S/C17H26N4O2/c1-17(23)10-4-3-6-12(17)14-7-5-11-21(14)15-9-8-13(19-20-15)16(22)18-2/h8-9,12,14,23H,3-7,10-11H2,1-2H3,(H,18,22)/t12-,14+,17+/m0/s1. The molecular weight excluding hydrogens is 292 g/mol. The van der Waals surface area contributed by atoms with Gasteiger partial charge in [0.2, 0.25) is 0 Å². The van der Waals surface area contributed by atoms with Crippen LogP contribution in [0.25, 0.3) is 0 Å². The Morgan fingerprint density at radius 3 is 2.78 bits per heavy atom. The normalized spacial score (nSPS) is 31.2. The summed E-state index contributed by atoms with van der Waals surface area (Å²) < 4.78 is 0. The Balaban J connectivity index is 1.80. The van der Waals surface area contributed by atoms with Crippen molar-refractivity contribution in [3.05, 3.63) is 17.8 Å². The largest absolute Gasteiger partial charge is 0.390 e. The summed E-state index contributed by atoms with van der Waals surface area (Å²) in [7, 11) is 1.58. The van der Waals surface area contributed by atoms with Gasteiger partial charge in [0.25, 0.3) is 5.91 Å². The Morgan fingerprint density at radius 1 is 1.30 bits per heavy atom. The Kier molecular flexibility index (Phi) is 4.53. The molecular formula is C17H26N4O2. The summed E-state index contributed by atoms with van der Waals surface area (Å²) in [5.41, 5.74) is -0.266. The van der Waals surface area contributed by atoms with Gasteiger partial charge in [0, 0.05) is 25.6 Å². The molecule has 0 spiro atoms. The van der Waals surface area contributed by atoms with Crippen LogP contribution in [0.15, 0.2) is 12.1 Å². The van der Waals surface area contributed by atoms with Crippen molar-refractivity contribution in [1.29, 1.82) is 0 Å². The first kappa shape index (κ1) is 16.2. The third-order valence-electron chi connectivity index (χ3n) is 5.41. The Morgan fingerprint density at radius 2 is 2.13 bits per heavy atom. The molecule has 0 unspecified atom stereocenters. The lowest BCUT2D eigenvalue weighted by Gasteiger charge is -2.43. The fourth-order valence-corrected chi connectivity index (χ4v) is 4.17. The average molecular weight is 318 g/mol. The van der Waals surface area contributed by atoms with Crippen LogP contribution in [0.4, 0.5) is 5.82 Å². The second-order valence-electron chi connectivity index (χ2n) is 6.97. The minimum absolute atomic E-state index is 0.225. The van der Waals surface area contributed by atoms with E-state index in [2.05, 4.69) is 20.4 Å². The molecule has 2 fully saturated rings. The minimum atomic E-state index is -0.596. The number of carbonyl (C=O) groups is 1. The number of aliphatic hydroxyl groups is 1. The van der Waals surface area contributed by atoms with Crippen LogP contribution < -0.4 is 10.2 Å². The van der Waals surface area contributed by atoms with Crippen molar-refractivity contribution in [3.8, 4) is 0 Å². The lowest BCUT2D eigenvalue weighted by atomic mass is 9.72. The van der Waals surface area contributed by atoms with E-state index in [0.29, 0.717) is 11.7 Å². The second-order valence-corrected chi connectivity index (χ2v) is 6.97. The number of anilines is 1. The maximum atomic E-state index is 11.6. The topological polar surface area (TPSA) is 78.4 Å². The quantitative estimate of drug-likeness (QED) is 0.887. The molecule has 6 heteroatoms. The zero-order valence-corrected chi connectivity index (χ0v) is 14.0. The molecule has 0 bridgehead atoms. The highest BCUT2D eigenvalue weighted by molar-refractivity contribution is 5.91. The fourth-order valence-electron chi connectivity index (χ4n) is 4.17. The number of hydrogen-bond acceptors (Lipinski definition) is 5. The van der Waals surface area contributed by atoms with Crippen molar-refractivity contribution in [2.24, 2.45) is 5.92 Å². The van der Waals surface area contributed by atoms with E-state index in [-0.39, 0.29) is 11.8 Å². The number of nitrogens with one attached hydrogen (secondary N) is 1. The van der Waals surface area contributed by atoms with Gasteiger partial charge in [-0.3, -0.25) is 4.79 Å². The molecule has 23 heavy (non-hydrogen) atoms. The van der Waals surface area contributed by atoms with Crippen LogP contribution >= 0.6 is 0 Å². The molecule has 0 radical (unpaired) electrons. The molecule has 2 heterocycles. The summed E-state index contributed by atoms with van der Waals surface area (Å²) in [6, 6.07) is 3.90. The van der Waals surface area contributed by atoms with Crippen LogP contribution in [0.3, 0.4) is 0 Å². The van der Waals surface area contributed by atoms with Crippen molar-refractivity contribution in [1.82, 2.24) is 15.5 Å². The molecule has 2 N–H and O–H groups in total. The van der Waals surface area contributed by atoms with Crippen LogP contribution in [0.5, 0.6) is 0 Å². The van der Waals surface area contributed by atoms with Gasteiger partial charge in [0.1, 0.15) is 0 Å². The van der Waals surface area contributed by atoms with Crippen molar-refractivity contribution < 1.29 is 9.90 Å². The number of aromatic nitrogens is 2. The first-order valence-electron chi connectivity index (χ1n) is 8.58. The molecule has 1 saturated heterocycles. The van der Waals surface area contributed by atoms with Gasteiger partial charge >= 0.3 is 0 Å². The molecule has 1 aliphatic carbocycles. The Hall–Kier alpha value is -1.69. The molecule has 6 nitrogen and oxygen atoms in total. The summed E-state index contributed by atoms with van der Waals surface area (Å²) in [4.78, 5) is 13.9. The van der Waals surface area contributed by atoms with Crippen LogP contribution in [-0.2, 0) is 0 Å². The van der Waals surface area contributed by atoms with E-state index in [1.807, 2.05) is 13.0 Å². The van der Waals surface area contributed by atoms with E-state index in [1.54, 1.807) is 13.1 Å². The average Bonchev–Trinajstić information content (AvgIpc) is 3.03. The third kappa shape index (κ3) is 3.17. The lowest BCUT2D eigenvalue weighted by Crippen LogP contribution is -2.49. The molecule has 3 rings (SSSR count). The molecule has 2 aliphatic rings. The molecule has 3 atom stereocenters. The van der Waals surface area contributed by atoms with Crippen LogP contribution in [0, 0.1) is 5.92 Å². The monoisotopic (exact) mass is 318 g/mol. The number of hydrogen-bond donors (Lipinski definition) is 2. The van der Waals surface area contributed by atoms with Crippen molar-refractivity contribution in [2.45, 2.75) is 57.1 Å². The molecule has 0 aromatic carbocycles. The van der Waals surface area contributed by atoms with Gasteiger partial charge in [-0.25, -0.2) is 0 Å². The van der Waals surface area contributed by atoms with Gasteiger partial charge in [-0.1, -0.05) is 12.8 Å². The smallest absolute Gasteiger partial charge is 0.271 e. The second kappa shape index (κ2) is 6.43. The number of rotatable bonds is 3. The van der Waals surface area contributed by atoms with Crippen LogP contribution in [-0.4, -0.2) is 46.4 Å². The fraction of sp³-hybridized carbons (Fsp3) is 0.706.